The third kappa shape index (κ3) is 6.00. The fraction of sp³-hybridized carbons (Fsp3) is 0.879. The second-order valence-corrected chi connectivity index (χ2v) is 14.6. The Bertz CT molecular complexity index is 931. The highest BCUT2D eigenvalue weighted by Crippen LogP contribution is 2.67. The van der Waals surface area contributed by atoms with Crippen molar-refractivity contribution in [2.75, 3.05) is 26.2 Å². The van der Waals surface area contributed by atoms with Crippen LogP contribution in [0.5, 0.6) is 0 Å². The van der Waals surface area contributed by atoms with Gasteiger partial charge in [-0.25, -0.2) is 4.79 Å². The highest BCUT2D eigenvalue weighted by molar-refractivity contribution is 5.81. The molecule has 0 aromatic carbocycles. The number of ether oxygens (including phenoxy) is 1. The summed E-state index contributed by atoms with van der Waals surface area (Å²) in [5.41, 5.74) is 2.41. The summed E-state index contributed by atoms with van der Waals surface area (Å²) in [4.78, 5) is 16.8. The van der Waals surface area contributed by atoms with Crippen LogP contribution in [0.1, 0.15) is 105 Å². The van der Waals surface area contributed by atoms with Gasteiger partial charge in [0, 0.05) is 26.1 Å². The molecule has 5 rings (SSSR count). The lowest BCUT2D eigenvalue weighted by Gasteiger charge is -2.58. The van der Waals surface area contributed by atoms with Crippen molar-refractivity contribution in [2.24, 2.45) is 51.3 Å². The highest BCUT2D eigenvalue weighted by atomic mass is 16.6. The van der Waals surface area contributed by atoms with Gasteiger partial charge >= 0.3 is 6.09 Å². The van der Waals surface area contributed by atoms with Crippen molar-refractivity contribution in [1.82, 2.24) is 16.0 Å². The number of hydrogen-bond donors (Lipinski definition) is 3. The Hall–Kier alpha value is -1.72. The van der Waals surface area contributed by atoms with Crippen LogP contribution in [0.15, 0.2) is 16.6 Å². The van der Waals surface area contributed by atoms with Gasteiger partial charge in [0.2, 0.25) is 0 Å². The number of guanidine groups is 1. The number of nitrogens with zero attached hydrogens (tertiary/aromatic N) is 1. The summed E-state index contributed by atoms with van der Waals surface area (Å²) < 4.78 is 5.90. The first-order valence-electron chi connectivity index (χ1n) is 16.4. The van der Waals surface area contributed by atoms with Crippen LogP contribution >= 0.6 is 0 Å². The van der Waals surface area contributed by atoms with E-state index in [1.54, 1.807) is 5.57 Å². The quantitative estimate of drug-likeness (QED) is 0.225. The van der Waals surface area contributed by atoms with Crippen LogP contribution in [0.2, 0.25) is 0 Å². The Morgan fingerprint density at radius 1 is 1.10 bits per heavy atom. The zero-order valence-corrected chi connectivity index (χ0v) is 25.5. The summed E-state index contributed by atoms with van der Waals surface area (Å²) in [6.45, 7) is 15.4. The number of rotatable bonds is 9. The Kier molecular flexibility index (Phi) is 8.88. The topological polar surface area (TPSA) is 74.8 Å². The third-order valence-corrected chi connectivity index (χ3v) is 11.9. The van der Waals surface area contributed by atoms with Gasteiger partial charge in [0.05, 0.1) is 6.54 Å². The Balaban J connectivity index is 1.14. The molecule has 0 aromatic heterocycles. The van der Waals surface area contributed by atoms with E-state index in [9.17, 15) is 4.79 Å². The van der Waals surface area contributed by atoms with Crippen LogP contribution in [0.25, 0.3) is 0 Å². The number of hydrogen-bond acceptors (Lipinski definition) is 5. The molecule has 6 nitrogen and oxygen atoms in total. The molecule has 39 heavy (non-hydrogen) atoms. The van der Waals surface area contributed by atoms with Crippen molar-refractivity contribution < 1.29 is 9.53 Å². The Morgan fingerprint density at radius 2 is 1.95 bits per heavy atom. The van der Waals surface area contributed by atoms with Gasteiger partial charge in [0.15, 0.2) is 5.96 Å². The average molecular weight is 541 g/mol. The van der Waals surface area contributed by atoms with Gasteiger partial charge in [-0.05, 0) is 91.3 Å². The minimum Gasteiger partial charge on any atom is -0.446 e. The molecule has 0 aromatic rings. The molecule has 8 atom stereocenters. The Morgan fingerprint density at radius 3 is 2.72 bits per heavy atom. The summed E-state index contributed by atoms with van der Waals surface area (Å²) in [5, 5.41) is 9.30. The number of carbonyl (C=O) groups excluding carboxylic acids is 1. The van der Waals surface area contributed by atoms with Gasteiger partial charge < -0.3 is 20.7 Å². The van der Waals surface area contributed by atoms with Gasteiger partial charge in [0.25, 0.3) is 0 Å². The van der Waals surface area contributed by atoms with E-state index in [4.69, 9.17) is 4.74 Å². The van der Waals surface area contributed by atoms with Crippen molar-refractivity contribution in [3.8, 4) is 0 Å². The molecule has 3 fully saturated rings. The van der Waals surface area contributed by atoms with E-state index >= 15 is 0 Å². The number of amides is 1. The van der Waals surface area contributed by atoms with Gasteiger partial charge in [0.1, 0.15) is 6.10 Å². The molecule has 0 radical (unpaired) electrons. The molecule has 1 heterocycles. The molecule has 3 N–H and O–H groups in total. The molecule has 4 aliphatic carbocycles. The SMILES string of the molecule is CC(C)CCC[C@@H](C)[C@H]1CC[C@H]2C3CC=C4CC(OC(=O)NCCNC5=NCCN5)CC[C@]4(C)[C@H]3CCC12C. The molecule has 6 heteroatoms. The van der Waals surface area contributed by atoms with E-state index in [2.05, 4.69) is 61.6 Å². The monoisotopic (exact) mass is 540 g/mol. The van der Waals surface area contributed by atoms with Gasteiger partial charge in [-0.15, -0.1) is 0 Å². The fourth-order valence-corrected chi connectivity index (χ4v) is 9.81. The standard InChI is InChI=1S/C33H56N4O2/c1-22(2)7-6-8-23(3)27-11-12-28-26-10-9-24-21-25(13-15-32(24,4)29(26)14-16-33(27,28)5)39-31(38)37-20-19-36-30-34-17-18-35-30/h9,22-23,25-29H,6-8,10-21H2,1-5H3,(H,37,38)(H2,34,35,36)/t23-,25?,26?,27-,28+,29+,32+,33?/m1/s1. The fourth-order valence-electron chi connectivity index (χ4n) is 9.81. The molecule has 5 aliphatic rings. The van der Waals surface area contributed by atoms with Crippen molar-refractivity contribution >= 4 is 12.1 Å². The average Bonchev–Trinajstić information content (AvgIpc) is 3.54. The third-order valence-electron chi connectivity index (χ3n) is 11.9. The maximum Gasteiger partial charge on any atom is 0.407 e. The van der Waals surface area contributed by atoms with Crippen molar-refractivity contribution in [1.29, 1.82) is 0 Å². The number of fused-ring (bicyclic) bond motifs is 5. The van der Waals surface area contributed by atoms with Crippen LogP contribution < -0.4 is 16.0 Å². The second kappa shape index (κ2) is 12.0. The first-order valence-corrected chi connectivity index (χ1v) is 16.4. The molecular weight excluding hydrogens is 484 g/mol. The highest BCUT2D eigenvalue weighted by Gasteiger charge is 2.59. The van der Waals surface area contributed by atoms with Crippen molar-refractivity contribution in [3.63, 3.8) is 0 Å². The molecule has 3 saturated carbocycles. The molecule has 1 amide bonds. The largest absolute Gasteiger partial charge is 0.446 e. The van der Waals surface area contributed by atoms with Crippen molar-refractivity contribution in [2.45, 2.75) is 111 Å². The number of aliphatic imine (C=N–C) groups is 1. The maximum absolute atomic E-state index is 12.5. The Labute approximate surface area is 238 Å². The lowest BCUT2D eigenvalue weighted by Crippen LogP contribution is -2.51. The summed E-state index contributed by atoms with van der Waals surface area (Å²) in [6.07, 6.45) is 16.5. The number of alkyl carbamates (subject to hydrolysis) is 1. The summed E-state index contributed by atoms with van der Waals surface area (Å²) in [5.74, 6) is 5.97. The predicted octanol–water partition coefficient (Wildman–Crippen LogP) is 6.67. The minimum atomic E-state index is -0.283. The first-order chi connectivity index (χ1) is 18.7. The van der Waals surface area contributed by atoms with E-state index < -0.39 is 0 Å². The number of nitrogens with one attached hydrogen (secondary N) is 3. The van der Waals surface area contributed by atoms with Gasteiger partial charge in [-0.3, -0.25) is 4.99 Å². The lowest BCUT2D eigenvalue weighted by molar-refractivity contribution is -0.0581. The van der Waals surface area contributed by atoms with E-state index in [1.807, 2.05) is 0 Å². The predicted molar refractivity (Wildman–Crippen MR) is 160 cm³/mol. The molecule has 0 bridgehead atoms. The van der Waals surface area contributed by atoms with Crippen LogP contribution in [-0.2, 0) is 4.74 Å². The number of allylic oxidation sites excluding steroid dienone is 1. The summed E-state index contributed by atoms with van der Waals surface area (Å²) in [7, 11) is 0. The zero-order chi connectivity index (χ0) is 27.6. The molecule has 0 saturated heterocycles. The molecule has 3 unspecified atom stereocenters. The van der Waals surface area contributed by atoms with Crippen LogP contribution in [0.3, 0.4) is 0 Å². The minimum absolute atomic E-state index is 0.00566. The van der Waals surface area contributed by atoms with Crippen LogP contribution in [-0.4, -0.2) is 44.3 Å². The lowest BCUT2D eigenvalue weighted by atomic mass is 9.47. The summed E-state index contributed by atoms with van der Waals surface area (Å²) >= 11 is 0. The maximum atomic E-state index is 12.5. The van der Waals surface area contributed by atoms with Gasteiger partial charge in [-0.1, -0.05) is 65.5 Å². The normalized spacial score (nSPS) is 38.1. The van der Waals surface area contributed by atoms with Crippen LogP contribution in [0, 0.1) is 46.3 Å². The van der Waals surface area contributed by atoms with Crippen molar-refractivity contribution in [3.05, 3.63) is 11.6 Å². The smallest absolute Gasteiger partial charge is 0.407 e. The van der Waals surface area contributed by atoms with E-state index in [0.717, 1.165) is 73.8 Å². The molecular formula is C33H56N4O2. The second-order valence-electron chi connectivity index (χ2n) is 14.6. The molecule has 220 valence electrons. The van der Waals surface area contributed by atoms with Gasteiger partial charge in [-0.2, -0.15) is 0 Å². The number of carbonyl (C=O) groups is 1. The molecule has 0 spiro atoms. The first kappa shape index (κ1) is 28.8. The van der Waals surface area contributed by atoms with E-state index in [-0.39, 0.29) is 12.2 Å². The molecule has 1 aliphatic heterocycles. The van der Waals surface area contributed by atoms with E-state index in [1.165, 1.54) is 51.4 Å². The zero-order valence-electron chi connectivity index (χ0n) is 25.5. The summed E-state index contributed by atoms with van der Waals surface area (Å²) in [6, 6.07) is 0. The van der Waals surface area contributed by atoms with E-state index in [0.29, 0.717) is 23.9 Å². The van der Waals surface area contributed by atoms with Crippen LogP contribution in [0.4, 0.5) is 4.79 Å².